The van der Waals surface area contributed by atoms with E-state index in [1.807, 2.05) is 43.6 Å². The van der Waals surface area contributed by atoms with E-state index in [-0.39, 0.29) is 30.3 Å². The maximum absolute atomic E-state index is 13.3. The molecule has 2 saturated heterocycles. The minimum Gasteiger partial charge on any atom is -0.457 e. The number of anilines is 1. The molecule has 3 heterocycles. The van der Waals surface area contributed by atoms with Crippen LogP contribution < -0.4 is 4.90 Å². The molecule has 1 aromatic rings. The molecule has 0 saturated carbocycles. The summed E-state index contributed by atoms with van der Waals surface area (Å²) in [5, 5.41) is 0.518. The first-order valence-corrected chi connectivity index (χ1v) is 13.5. The first kappa shape index (κ1) is 26.5. The molecule has 36 heavy (non-hydrogen) atoms. The van der Waals surface area contributed by atoms with Gasteiger partial charge in [-0.15, -0.1) is 0 Å². The smallest absolute Gasteiger partial charge is 0.338 e. The lowest BCUT2D eigenvalue weighted by atomic mass is 10.0. The monoisotopic (exact) mass is 514 g/mol. The van der Waals surface area contributed by atoms with Crippen LogP contribution in [0.4, 0.5) is 5.69 Å². The van der Waals surface area contributed by atoms with Gasteiger partial charge in [0, 0.05) is 44.2 Å². The number of hydrogen-bond donors (Lipinski definition) is 0. The number of carbonyl (C=O) groups excluding carboxylic acids is 3. The highest BCUT2D eigenvalue weighted by Crippen LogP contribution is 2.34. The van der Waals surface area contributed by atoms with Crippen molar-refractivity contribution in [3.8, 4) is 0 Å². The summed E-state index contributed by atoms with van der Waals surface area (Å²) in [4.78, 5) is 45.3. The first-order chi connectivity index (χ1) is 17.1. The molecule has 3 aliphatic heterocycles. The Morgan fingerprint density at radius 2 is 1.69 bits per heavy atom. The van der Waals surface area contributed by atoms with Crippen molar-refractivity contribution in [2.24, 2.45) is 5.92 Å². The number of thiocarbonyl (C=S) groups is 1. The Hall–Kier alpha value is -2.52. The van der Waals surface area contributed by atoms with Crippen molar-refractivity contribution in [3.05, 3.63) is 29.3 Å². The van der Waals surface area contributed by atoms with Gasteiger partial charge in [-0.1, -0.05) is 26.7 Å². The molecule has 0 bridgehead atoms. The van der Waals surface area contributed by atoms with Gasteiger partial charge in [-0.3, -0.25) is 19.4 Å². The van der Waals surface area contributed by atoms with E-state index >= 15 is 0 Å². The lowest BCUT2D eigenvalue weighted by molar-refractivity contribution is -0.136. The Balaban J connectivity index is 1.22. The number of hydrogen-bond acceptors (Lipinski definition) is 6. The fourth-order valence-electron chi connectivity index (χ4n) is 5.21. The van der Waals surface area contributed by atoms with Gasteiger partial charge in [0.15, 0.2) is 5.11 Å². The second-order valence-corrected chi connectivity index (χ2v) is 11.2. The van der Waals surface area contributed by atoms with Crippen molar-refractivity contribution in [3.63, 3.8) is 0 Å². The molecular weight excluding hydrogens is 476 g/mol. The highest BCUT2D eigenvalue weighted by molar-refractivity contribution is 7.80. The van der Waals surface area contributed by atoms with E-state index < -0.39 is 5.54 Å². The third-order valence-electron chi connectivity index (χ3n) is 7.53. The standard InChI is InChI=1S/C27H38N4O4S/c1-19(2)23(32)29-15-13-28(14-16-29)11-7-5-6-8-12-30-26(36)31(25(34)27(30,3)4)21-9-10-22-20(17-21)18-35-24(22)33/h9-10,17,19H,5-8,11-16,18H2,1-4H3. The number of benzene rings is 1. The Kier molecular flexibility index (Phi) is 7.99. The number of nitrogens with zero attached hydrogens (tertiary/aromatic N) is 4. The molecule has 0 spiro atoms. The number of unbranched alkanes of at least 4 members (excludes halogenated alkanes) is 3. The van der Waals surface area contributed by atoms with E-state index in [4.69, 9.17) is 17.0 Å². The van der Waals surface area contributed by atoms with Crippen LogP contribution in [0, 0.1) is 5.92 Å². The minimum absolute atomic E-state index is 0.0483. The zero-order valence-electron chi connectivity index (χ0n) is 21.9. The van der Waals surface area contributed by atoms with Crippen LogP contribution in [0.3, 0.4) is 0 Å². The molecule has 9 heteroatoms. The largest absolute Gasteiger partial charge is 0.457 e. The van der Waals surface area contributed by atoms with Crippen LogP contribution in [0.1, 0.15) is 69.3 Å². The van der Waals surface area contributed by atoms with E-state index in [9.17, 15) is 14.4 Å². The lowest BCUT2D eigenvalue weighted by Gasteiger charge is -2.35. The Morgan fingerprint density at radius 1 is 1.03 bits per heavy atom. The second-order valence-electron chi connectivity index (χ2n) is 10.8. The van der Waals surface area contributed by atoms with Gasteiger partial charge in [-0.25, -0.2) is 4.79 Å². The molecule has 0 aliphatic carbocycles. The summed E-state index contributed by atoms with van der Waals surface area (Å²) in [5.74, 6) is -0.0408. The van der Waals surface area contributed by atoms with E-state index in [1.54, 1.807) is 17.0 Å². The van der Waals surface area contributed by atoms with Crippen LogP contribution in [0.25, 0.3) is 0 Å². The summed E-state index contributed by atoms with van der Waals surface area (Å²) in [6.07, 6.45) is 4.30. The molecule has 0 aromatic heterocycles. The molecule has 0 atom stereocenters. The molecule has 0 radical (unpaired) electrons. The molecule has 0 unspecified atom stereocenters. The second kappa shape index (κ2) is 10.8. The summed E-state index contributed by atoms with van der Waals surface area (Å²) in [6, 6.07) is 5.32. The molecule has 2 fully saturated rings. The summed E-state index contributed by atoms with van der Waals surface area (Å²) >= 11 is 5.75. The highest BCUT2D eigenvalue weighted by Gasteiger charge is 2.49. The predicted octanol–water partition coefficient (Wildman–Crippen LogP) is 3.43. The van der Waals surface area contributed by atoms with Gasteiger partial charge in [0.25, 0.3) is 5.91 Å². The number of rotatable bonds is 9. The van der Waals surface area contributed by atoms with Crippen LogP contribution >= 0.6 is 12.2 Å². The van der Waals surface area contributed by atoms with E-state index in [0.29, 0.717) is 16.4 Å². The van der Waals surface area contributed by atoms with Gasteiger partial charge in [0.2, 0.25) is 5.91 Å². The molecule has 8 nitrogen and oxygen atoms in total. The Labute approximate surface area is 219 Å². The van der Waals surface area contributed by atoms with Crippen LogP contribution in [0.15, 0.2) is 18.2 Å². The van der Waals surface area contributed by atoms with Gasteiger partial charge in [0.1, 0.15) is 12.1 Å². The average molecular weight is 515 g/mol. The molecule has 3 aliphatic rings. The topological polar surface area (TPSA) is 73.4 Å². The van der Waals surface area contributed by atoms with Gasteiger partial charge in [0.05, 0.1) is 11.3 Å². The van der Waals surface area contributed by atoms with Crippen LogP contribution in [0.5, 0.6) is 0 Å². The number of carbonyl (C=O) groups is 3. The highest BCUT2D eigenvalue weighted by atomic mass is 32.1. The fourth-order valence-corrected chi connectivity index (χ4v) is 5.72. The third kappa shape index (κ3) is 5.27. The summed E-state index contributed by atoms with van der Waals surface area (Å²) < 4.78 is 5.10. The van der Waals surface area contributed by atoms with Crippen molar-refractivity contribution < 1.29 is 19.1 Å². The maximum Gasteiger partial charge on any atom is 0.338 e. The predicted molar refractivity (Wildman–Crippen MR) is 143 cm³/mol. The van der Waals surface area contributed by atoms with Crippen molar-refractivity contribution in [1.82, 2.24) is 14.7 Å². The molecule has 1 aromatic carbocycles. The molecule has 196 valence electrons. The number of ether oxygens (including phenoxy) is 1. The summed E-state index contributed by atoms with van der Waals surface area (Å²) in [7, 11) is 0. The third-order valence-corrected chi connectivity index (χ3v) is 7.94. The number of amides is 2. The van der Waals surface area contributed by atoms with Crippen LogP contribution in [0.2, 0.25) is 0 Å². The van der Waals surface area contributed by atoms with Gasteiger partial charge >= 0.3 is 5.97 Å². The van der Waals surface area contributed by atoms with Crippen molar-refractivity contribution in [1.29, 1.82) is 0 Å². The minimum atomic E-state index is -0.713. The van der Waals surface area contributed by atoms with E-state index in [0.717, 1.165) is 70.5 Å². The number of cyclic esters (lactones) is 1. The summed E-state index contributed by atoms with van der Waals surface area (Å²) in [6.45, 7) is 13.4. The molecule has 0 N–H and O–H groups in total. The fraction of sp³-hybridized carbons (Fsp3) is 0.630. The van der Waals surface area contributed by atoms with E-state index in [2.05, 4.69) is 4.90 Å². The molecular formula is C27H38N4O4S. The molecule has 2 amide bonds. The number of fused-ring (bicyclic) bond motifs is 1. The van der Waals surface area contributed by atoms with Crippen molar-refractivity contribution in [2.45, 2.75) is 65.5 Å². The van der Waals surface area contributed by atoms with Crippen LogP contribution in [-0.2, 0) is 20.9 Å². The lowest BCUT2D eigenvalue weighted by Crippen LogP contribution is -2.49. The average Bonchev–Trinajstić information content (AvgIpc) is 3.30. The maximum atomic E-state index is 13.3. The van der Waals surface area contributed by atoms with Crippen molar-refractivity contribution >= 4 is 40.8 Å². The summed E-state index contributed by atoms with van der Waals surface area (Å²) in [5.41, 5.74) is 1.32. The van der Waals surface area contributed by atoms with Crippen LogP contribution in [-0.4, -0.2) is 82.4 Å². The van der Waals surface area contributed by atoms with Gasteiger partial charge in [-0.05, 0) is 63.7 Å². The van der Waals surface area contributed by atoms with Crippen molar-refractivity contribution in [2.75, 3.05) is 44.2 Å². The zero-order valence-corrected chi connectivity index (χ0v) is 22.7. The number of piperazine rings is 1. The van der Waals surface area contributed by atoms with Gasteiger partial charge in [-0.2, -0.15) is 0 Å². The molecule has 4 rings (SSSR count). The normalized spacial score (nSPS) is 19.9. The Morgan fingerprint density at radius 3 is 2.36 bits per heavy atom. The number of esters is 1. The van der Waals surface area contributed by atoms with E-state index in [1.165, 1.54) is 0 Å². The SMILES string of the molecule is CC(C)C(=O)N1CCN(CCCCCCN2C(=S)N(c3ccc4c(c3)COC4=O)C(=O)C2(C)C)CC1. The zero-order chi connectivity index (χ0) is 26.0. The van der Waals surface area contributed by atoms with Gasteiger partial charge < -0.3 is 14.5 Å². The first-order valence-electron chi connectivity index (χ1n) is 13.1. The Bertz CT molecular complexity index is 1030. The quantitative estimate of drug-likeness (QED) is 0.284.